The van der Waals surface area contributed by atoms with E-state index in [1.54, 1.807) is 6.92 Å². The molecule has 1 aliphatic carbocycles. The quantitative estimate of drug-likeness (QED) is 0.454. The summed E-state index contributed by atoms with van der Waals surface area (Å²) in [7, 11) is 0. The molecule has 0 aromatic carbocycles. The van der Waals surface area contributed by atoms with Crippen LogP contribution in [0.15, 0.2) is 12.1 Å². The number of rotatable bonds is 5. The van der Waals surface area contributed by atoms with Gasteiger partial charge in [0.15, 0.2) is 11.9 Å². The molecule has 2 aliphatic rings. The largest absolute Gasteiger partial charge is 0.474 e. The maximum Gasteiger partial charge on any atom is 0.366 e. The van der Waals surface area contributed by atoms with Gasteiger partial charge in [-0.1, -0.05) is 6.92 Å². The highest BCUT2D eigenvalue weighted by Crippen LogP contribution is 2.34. The van der Waals surface area contributed by atoms with Crippen LogP contribution in [-0.2, 0) is 14.3 Å². The van der Waals surface area contributed by atoms with E-state index >= 15 is 0 Å². The third-order valence-corrected chi connectivity index (χ3v) is 4.34. The van der Waals surface area contributed by atoms with Gasteiger partial charge in [0.1, 0.15) is 12.6 Å². The molecular formula is C16H19N3O6. The summed E-state index contributed by atoms with van der Waals surface area (Å²) in [6.45, 7) is 1.44. The number of anilines is 1. The monoisotopic (exact) mass is 349 g/mol. The summed E-state index contributed by atoms with van der Waals surface area (Å²) in [5.74, 6) is -1.19. The number of aromatic nitrogens is 1. The number of esters is 1. The molecule has 0 N–H and O–H groups in total. The van der Waals surface area contributed by atoms with Gasteiger partial charge in [0, 0.05) is 6.07 Å². The molecule has 134 valence electrons. The van der Waals surface area contributed by atoms with Crippen LogP contribution in [0.4, 0.5) is 11.6 Å². The van der Waals surface area contributed by atoms with E-state index < -0.39 is 28.7 Å². The molecule has 0 saturated heterocycles. The second-order valence-corrected chi connectivity index (χ2v) is 6.08. The molecule has 9 nitrogen and oxygen atoms in total. The van der Waals surface area contributed by atoms with E-state index in [0.717, 1.165) is 30.6 Å². The smallest absolute Gasteiger partial charge is 0.366 e. The van der Waals surface area contributed by atoms with Crippen molar-refractivity contribution in [1.29, 1.82) is 0 Å². The van der Waals surface area contributed by atoms with Crippen LogP contribution in [0.2, 0.25) is 0 Å². The number of hydrogen-bond donors (Lipinski definition) is 0. The molecule has 0 spiro atoms. The SMILES string of the molecule is CCC1Oc2ccc([N+](=O)[O-])nc2N(CC(=O)OC2CCCC2)C1=O. The molecule has 25 heavy (non-hydrogen) atoms. The maximum absolute atomic E-state index is 12.6. The number of ether oxygens (including phenoxy) is 2. The molecular weight excluding hydrogens is 330 g/mol. The first-order valence-corrected chi connectivity index (χ1v) is 8.32. The minimum Gasteiger partial charge on any atom is -0.474 e. The Morgan fingerprint density at radius 2 is 2.16 bits per heavy atom. The van der Waals surface area contributed by atoms with Gasteiger partial charge in [-0.25, -0.2) is 0 Å². The first-order valence-electron chi connectivity index (χ1n) is 8.32. The summed E-state index contributed by atoms with van der Waals surface area (Å²) in [5.41, 5.74) is 0. The van der Waals surface area contributed by atoms with Crippen LogP contribution >= 0.6 is 0 Å². The first-order chi connectivity index (χ1) is 12.0. The van der Waals surface area contributed by atoms with E-state index in [-0.39, 0.29) is 24.2 Å². The molecule has 1 aromatic heterocycles. The number of nitrogens with zero attached hydrogens (tertiary/aromatic N) is 3. The molecule has 1 unspecified atom stereocenters. The zero-order chi connectivity index (χ0) is 18.0. The number of nitro groups is 1. The van der Waals surface area contributed by atoms with Crippen molar-refractivity contribution in [2.24, 2.45) is 0 Å². The number of pyridine rings is 1. The molecule has 1 saturated carbocycles. The number of amides is 1. The molecule has 0 bridgehead atoms. The Morgan fingerprint density at radius 1 is 1.44 bits per heavy atom. The van der Waals surface area contributed by atoms with Crippen molar-refractivity contribution in [3.8, 4) is 5.75 Å². The lowest BCUT2D eigenvalue weighted by molar-refractivity contribution is -0.389. The highest BCUT2D eigenvalue weighted by molar-refractivity contribution is 6.02. The highest BCUT2D eigenvalue weighted by Gasteiger charge is 2.39. The predicted octanol–water partition coefficient (Wildman–Crippen LogP) is 1.98. The lowest BCUT2D eigenvalue weighted by Gasteiger charge is -2.30. The third kappa shape index (κ3) is 3.54. The summed E-state index contributed by atoms with van der Waals surface area (Å²) < 4.78 is 10.9. The zero-order valence-electron chi connectivity index (χ0n) is 13.8. The lowest BCUT2D eigenvalue weighted by atomic mass is 10.2. The van der Waals surface area contributed by atoms with Crippen LogP contribution < -0.4 is 9.64 Å². The fourth-order valence-corrected chi connectivity index (χ4v) is 3.06. The summed E-state index contributed by atoms with van der Waals surface area (Å²) in [4.78, 5) is 40.1. The summed E-state index contributed by atoms with van der Waals surface area (Å²) in [6.07, 6.45) is 3.20. The molecule has 2 heterocycles. The van der Waals surface area contributed by atoms with Gasteiger partial charge in [-0.15, -0.1) is 0 Å². The van der Waals surface area contributed by atoms with Gasteiger partial charge in [-0.2, -0.15) is 0 Å². The molecule has 9 heteroatoms. The van der Waals surface area contributed by atoms with Crippen molar-refractivity contribution < 1.29 is 24.0 Å². The molecule has 0 radical (unpaired) electrons. The highest BCUT2D eigenvalue weighted by atomic mass is 16.6. The van der Waals surface area contributed by atoms with Crippen LogP contribution in [0.25, 0.3) is 0 Å². The Balaban J connectivity index is 1.85. The Morgan fingerprint density at radius 3 is 2.80 bits per heavy atom. The van der Waals surface area contributed by atoms with Crippen molar-refractivity contribution in [2.45, 2.75) is 51.2 Å². The minimum atomic E-state index is -0.755. The van der Waals surface area contributed by atoms with Gasteiger partial charge >= 0.3 is 11.8 Å². The van der Waals surface area contributed by atoms with Gasteiger partial charge < -0.3 is 19.6 Å². The average Bonchev–Trinajstić information content (AvgIpc) is 3.09. The second kappa shape index (κ2) is 7.04. The molecule has 1 amide bonds. The summed E-state index contributed by atoms with van der Waals surface area (Å²) in [6, 6.07) is 2.60. The van der Waals surface area contributed by atoms with Crippen LogP contribution in [0.5, 0.6) is 5.75 Å². The Hall–Kier alpha value is -2.71. The second-order valence-electron chi connectivity index (χ2n) is 6.08. The van der Waals surface area contributed by atoms with Gasteiger partial charge in [-0.3, -0.25) is 14.5 Å². The zero-order valence-corrected chi connectivity index (χ0v) is 13.8. The standard InChI is InChI=1S/C16H19N3O6/c1-2-11-16(21)18(9-14(20)24-10-5-3-4-6-10)15-12(25-11)7-8-13(17-15)19(22)23/h7-8,10-11H,2-6,9H2,1H3. The molecule has 1 fully saturated rings. The van der Waals surface area contributed by atoms with E-state index in [4.69, 9.17) is 9.47 Å². The van der Waals surface area contributed by atoms with E-state index in [1.165, 1.54) is 12.1 Å². The third-order valence-electron chi connectivity index (χ3n) is 4.34. The molecule has 1 aliphatic heterocycles. The predicted molar refractivity (Wildman–Crippen MR) is 86.3 cm³/mol. The maximum atomic E-state index is 12.6. The summed E-state index contributed by atoms with van der Waals surface area (Å²) >= 11 is 0. The van der Waals surface area contributed by atoms with Crippen molar-refractivity contribution in [1.82, 2.24) is 4.98 Å². The van der Waals surface area contributed by atoms with Crippen LogP contribution in [-0.4, -0.2) is 40.5 Å². The van der Waals surface area contributed by atoms with E-state index in [1.807, 2.05) is 0 Å². The van der Waals surface area contributed by atoms with Crippen molar-refractivity contribution in [3.05, 3.63) is 22.2 Å². The Kier molecular flexibility index (Phi) is 4.82. The van der Waals surface area contributed by atoms with Crippen LogP contribution in [0, 0.1) is 10.1 Å². The van der Waals surface area contributed by atoms with E-state index in [9.17, 15) is 19.7 Å². The van der Waals surface area contributed by atoms with Gasteiger partial charge in [-0.05, 0) is 48.1 Å². The van der Waals surface area contributed by atoms with Crippen molar-refractivity contribution in [3.63, 3.8) is 0 Å². The normalized spacial score (nSPS) is 20.1. The number of carbonyl (C=O) groups is 2. The Bertz CT molecular complexity index is 701. The van der Waals surface area contributed by atoms with Gasteiger partial charge in [0.2, 0.25) is 0 Å². The number of carbonyl (C=O) groups excluding carboxylic acids is 2. The first kappa shape index (κ1) is 17.1. The lowest BCUT2D eigenvalue weighted by Crippen LogP contribution is -2.48. The van der Waals surface area contributed by atoms with Crippen LogP contribution in [0.3, 0.4) is 0 Å². The molecule has 1 aromatic rings. The molecule has 3 rings (SSSR count). The number of fused-ring (bicyclic) bond motifs is 1. The summed E-state index contributed by atoms with van der Waals surface area (Å²) in [5, 5.41) is 11.0. The Labute approximate surface area is 144 Å². The van der Waals surface area contributed by atoms with Crippen LogP contribution in [0.1, 0.15) is 39.0 Å². The van der Waals surface area contributed by atoms with Crippen molar-refractivity contribution in [2.75, 3.05) is 11.4 Å². The van der Waals surface area contributed by atoms with Gasteiger partial charge in [0.25, 0.3) is 11.7 Å². The minimum absolute atomic E-state index is 0.0210. The van der Waals surface area contributed by atoms with Gasteiger partial charge in [0.05, 0.1) is 0 Å². The van der Waals surface area contributed by atoms with E-state index in [2.05, 4.69) is 4.98 Å². The fourth-order valence-electron chi connectivity index (χ4n) is 3.06. The number of hydrogen-bond acceptors (Lipinski definition) is 7. The van der Waals surface area contributed by atoms with Crippen molar-refractivity contribution >= 4 is 23.5 Å². The topological polar surface area (TPSA) is 112 Å². The fraction of sp³-hybridized carbons (Fsp3) is 0.562. The average molecular weight is 349 g/mol. The van der Waals surface area contributed by atoms with E-state index in [0.29, 0.717) is 6.42 Å². The molecule has 1 atom stereocenters.